The number of para-hydroxylation sites is 2. The lowest BCUT2D eigenvalue weighted by atomic mass is 9.90. The number of benzene rings is 2. The summed E-state index contributed by atoms with van der Waals surface area (Å²) in [5.41, 5.74) is 9.61. The van der Waals surface area contributed by atoms with Crippen molar-refractivity contribution in [2.75, 3.05) is 23.7 Å². The molecule has 0 aliphatic carbocycles. The molecule has 0 spiro atoms. The van der Waals surface area contributed by atoms with E-state index in [4.69, 9.17) is 5.73 Å². The first kappa shape index (κ1) is 12.1. The average Bonchev–Trinajstić information content (AvgIpc) is 2.49. The Bertz CT molecular complexity index is 536. The van der Waals surface area contributed by atoms with Crippen LogP contribution in [0.3, 0.4) is 0 Å². The Morgan fingerprint density at radius 3 is 2.47 bits per heavy atom. The molecule has 3 rings (SSSR count). The van der Waals surface area contributed by atoms with E-state index in [1.54, 1.807) is 0 Å². The van der Waals surface area contributed by atoms with Gasteiger partial charge in [-0.15, -0.1) is 0 Å². The van der Waals surface area contributed by atoms with Crippen LogP contribution >= 0.6 is 0 Å². The SMILES string of the molecule is Nc1ccccc1N1CCCC(c2ccccc2)C1. The van der Waals surface area contributed by atoms with Gasteiger partial charge in [-0.25, -0.2) is 0 Å². The van der Waals surface area contributed by atoms with Crippen LogP contribution in [0.25, 0.3) is 0 Å². The van der Waals surface area contributed by atoms with E-state index in [1.807, 2.05) is 12.1 Å². The van der Waals surface area contributed by atoms with Gasteiger partial charge in [0, 0.05) is 19.0 Å². The molecule has 0 bridgehead atoms. The number of hydrogen-bond acceptors (Lipinski definition) is 2. The average molecular weight is 252 g/mol. The molecule has 2 N–H and O–H groups in total. The van der Waals surface area contributed by atoms with E-state index in [1.165, 1.54) is 24.1 Å². The summed E-state index contributed by atoms with van der Waals surface area (Å²) in [7, 11) is 0. The van der Waals surface area contributed by atoms with E-state index < -0.39 is 0 Å². The Hall–Kier alpha value is -1.96. The van der Waals surface area contributed by atoms with Crippen molar-refractivity contribution in [3.8, 4) is 0 Å². The minimum absolute atomic E-state index is 0.620. The van der Waals surface area contributed by atoms with Crippen LogP contribution in [0.15, 0.2) is 54.6 Å². The van der Waals surface area contributed by atoms with E-state index in [0.29, 0.717) is 5.92 Å². The number of nitrogens with two attached hydrogens (primary N) is 1. The zero-order valence-corrected chi connectivity index (χ0v) is 11.1. The molecule has 98 valence electrons. The smallest absolute Gasteiger partial charge is 0.0600 e. The lowest BCUT2D eigenvalue weighted by Gasteiger charge is -2.35. The molecule has 1 fully saturated rings. The van der Waals surface area contributed by atoms with Gasteiger partial charge in [-0.05, 0) is 30.5 Å². The van der Waals surface area contributed by atoms with Gasteiger partial charge in [-0.1, -0.05) is 42.5 Å². The summed E-state index contributed by atoms with van der Waals surface area (Å²) in [6.07, 6.45) is 2.50. The molecule has 2 nitrogen and oxygen atoms in total. The molecule has 1 aliphatic rings. The van der Waals surface area contributed by atoms with Crippen molar-refractivity contribution in [2.24, 2.45) is 0 Å². The van der Waals surface area contributed by atoms with Gasteiger partial charge < -0.3 is 10.6 Å². The number of rotatable bonds is 2. The Balaban J connectivity index is 1.81. The summed E-state index contributed by atoms with van der Waals surface area (Å²) in [6.45, 7) is 2.18. The van der Waals surface area contributed by atoms with Gasteiger partial charge in [0.25, 0.3) is 0 Å². The molecule has 2 heteroatoms. The molecule has 1 saturated heterocycles. The van der Waals surface area contributed by atoms with Crippen LogP contribution in [-0.4, -0.2) is 13.1 Å². The van der Waals surface area contributed by atoms with Gasteiger partial charge in [0.2, 0.25) is 0 Å². The number of nitrogens with zero attached hydrogens (tertiary/aromatic N) is 1. The van der Waals surface area contributed by atoms with Crippen molar-refractivity contribution < 1.29 is 0 Å². The minimum atomic E-state index is 0.620. The summed E-state index contributed by atoms with van der Waals surface area (Å²) >= 11 is 0. The maximum Gasteiger partial charge on any atom is 0.0600 e. The predicted octanol–water partition coefficient (Wildman–Crippen LogP) is 3.65. The first-order chi connectivity index (χ1) is 9.34. The van der Waals surface area contributed by atoms with Gasteiger partial charge in [0.05, 0.1) is 11.4 Å². The molecule has 1 atom stereocenters. The van der Waals surface area contributed by atoms with Gasteiger partial charge >= 0.3 is 0 Å². The van der Waals surface area contributed by atoms with E-state index >= 15 is 0 Å². The fourth-order valence-corrected chi connectivity index (χ4v) is 2.97. The van der Waals surface area contributed by atoms with Crippen LogP contribution in [0.1, 0.15) is 24.3 Å². The largest absolute Gasteiger partial charge is 0.397 e. The number of hydrogen-bond donors (Lipinski definition) is 1. The molecule has 0 amide bonds. The summed E-state index contributed by atoms with van der Waals surface area (Å²) in [5.74, 6) is 0.620. The van der Waals surface area contributed by atoms with Crippen molar-refractivity contribution in [3.05, 3.63) is 60.2 Å². The topological polar surface area (TPSA) is 29.3 Å². The Morgan fingerprint density at radius 1 is 0.947 bits per heavy atom. The van der Waals surface area contributed by atoms with Crippen molar-refractivity contribution in [1.29, 1.82) is 0 Å². The monoisotopic (exact) mass is 252 g/mol. The molecule has 1 aliphatic heterocycles. The molecular weight excluding hydrogens is 232 g/mol. The van der Waals surface area contributed by atoms with Gasteiger partial charge in [0.15, 0.2) is 0 Å². The molecule has 19 heavy (non-hydrogen) atoms. The lowest BCUT2D eigenvalue weighted by Crippen LogP contribution is -2.34. The summed E-state index contributed by atoms with van der Waals surface area (Å²) < 4.78 is 0. The highest BCUT2D eigenvalue weighted by Gasteiger charge is 2.22. The first-order valence-corrected chi connectivity index (χ1v) is 6.99. The molecular formula is C17H20N2. The van der Waals surface area contributed by atoms with Crippen LogP contribution in [0.4, 0.5) is 11.4 Å². The second-order valence-electron chi connectivity index (χ2n) is 5.25. The van der Waals surface area contributed by atoms with Crippen LogP contribution in [0.2, 0.25) is 0 Å². The standard InChI is InChI=1S/C17H20N2/c18-16-10-4-5-11-17(16)19-12-6-9-15(13-19)14-7-2-1-3-8-14/h1-5,7-8,10-11,15H,6,9,12-13,18H2. The zero-order valence-electron chi connectivity index (χ0n) is 11.1. The highest BCUT2D eigenvalue weighted by atomic mass is 15.1. The number of piperidine rings is 1. The van der Waals surface area contributed by atoms with E-state index in [2.05, 4.69) is 47.4 Å². The van der Waals surface area contributed by atoms with Crippen molar-refractivity contribution in [3.63, 3.8) is 0 Å². The summed E-state index contributed by atoms with van der Waals surface area (Å²) in [4.78, 5) is 2.43. The lowest BCUT2D eigenvalue weighted by molar-refractivity contribution is 0.510. The van der Waals surface area contributed by atoms with Crippen molar-refractivity contribution in [2.45, 2.75) is 18.8 Å². The second-order valence-corrected chi connectivity index (χ2v) is 5.25. The molecule has 0 radical (unpaired) electrons. The predicted molar refractivity (Wildman–Crippen MR) is 81.5 cm³/mol. The number of nitrogen functional groups attached to an aromatic ring is 1. The van der Waals surface area contributed by atoms with E-state index in [0.717, 1.165) is 18.8 Å². The number of anilines is 2. The third kappa shape index (κ3) is 2.58. The summed E-state index contributed by atoms with van der Waals surface area (Å²) in [6, 6.07) is 19.0. The fraction of sp³-hybridized carbons (Fsp3) is 0.294. The third-order valence-corrected chi connectivity index (χ3v) is 3.97. The Morgan fingerprint density at radius 2 is 1.68 bits per heavy atom. The summed E-state index contributed by atoms with van der Waals surface area (Å²) in [5, 5.41) is 0. The van der Waals surface area contributed by atoms with E-state index in [9.17, 15) is 0 Å². The molecule has 0 saturated carbocycles. The minimum Gasteiger partial charge on any atom is -0.397 e. The van der Waals surface area contributed by atoms with Crippen LogP contribution < -0.4 is 10.6 Å². The molecule has 0 aromatic heterocycles. The highest BCUT2D eigenvalue weighted by molar-refractivity contribution is 5.67. The Labute approximate surface area is 114 Å². The third-order valence-electron chi connectivity index (χ3n) is 3.97. The Kier molecular flexibility index (Phi) is 3.41. The van der Waals surface area contributed by atoms with Crippen LogP contribution in [0.5, 0.6) is 0 Å². The molecule has 2 aromatic rings. The van der Waals surface area contributed by atoms with E-state index in [-0.39, 0.29) is 0 Å². The quantitative estimate of drug-likeness (QED) is 0.827. The van der Waals surface area contributed by atoms with Crippen molar-refractivity contribution >= 4 is 11.4 Å². The molecule has 2 aromatic carbocycles. The van der Waals surface area contributed by atoms with Gasteiger partial charge in [0.1, 0.15) is 0 Å². The molecule has 1 heterocycles. The maximum atomic E-state index is 6.09. The fourth-order valence-electron chi connectivity index (χ4n) is 2.97. The van der Waals surface area contributed by atoms with Crippen LogP contribution in [0, 0.1) is 0 Å². The van der Waals surface area contributed by atoms with Crippen molar-refractivity contribution in [1.82, 2.24) is 0 Å². The maximum absolute atomic E-state index is 6.09. The van der Waals surface area contributed by atoms with Crippen LogP contribution in [-0.2, 0) is 0 Å². The second kappa shape index (κ2) is 5.35. The molecule has 1 unspecified atom stereocenters. The first-order valence-electron chi connectivity index (χ1n) is 6.99. The zero-order chi connectivity index (χ0) is 13.1. The highest BCUT2D eigenvalue weighted by Crippen LogP contribution is 2.32. The van der Waals surface area contributed by atoms with Gasteiger partial charge in [-0.3, -0.25) is 0 Å². The van der Waals surface area contributed by atoms with Gasteiger partial charge in [-0.2, -0.15) is 0 Å². The normalized spacial score (nSPS) is 19.4.